The first-order valence-corrected chi connectivity index (χ1v) is 8.01. The molecule has 0 aliphatic carbocycles. The zero-order chi connectivity index (χ0) is 15.1. The Kier molecular flexibility index (Phi) is 3.13. The van der Waals surface area contributed by atoms with Crippen molar-refractivity contribution in [2.75, 3.05) is 0 Å². The second-order valence-corrected chi connectivity index (χ2v) is 6.38. The van der Waals surface area contributed by atoms with Gasteiger partial charge in [0.05, 0.1) is 17.8 Å². The van der Waals surface area contributed by atoms with Crippen LogP contribution in [0.25, 0.3) is 20.3 Å². The van der Waals surface area contributed by atoms with Crippen molar-refractivity contribution in [1.82, 2.24) is 14.5 Å². The van der Waals surface area contributed by atoms with Crippen molar-refractivity contribution >= 4 is 43.9 Å². The van der Waals surface area contributed by atoms with Gasteiger partial charge in [0.2, 0.25) is 0 Å². The molecule has 0 aliphatic rings. The van der Waals surface area contributed by atoms with Crippen molar-refractivity contribution in [1.29, 1.82) is 0 Å². The predicted molar refractivity (Wildman–Crippen MR) is 92.1 cm³/mol. The van der Waals surface area contributed by atoms with Gasteiger partial charge in [-0.05, 0) is 30.4 Å². The molecule has 4 nitrogen and oxygen atoms in total. The van der Waals surface area contributed by atoms with Gasteiger partial charge in [-0.1, -0.05) is 24.3 Å². The maximum Gasteiger partial charge on any atom is 0.272 e. The topological polar surface area (TPSA) is 50.7 Å². The van der Waals surface area contributed by atoms with Crippen LogP contribution in [-0.2, 0) is 6.54 Å². The molecule has 3 heterocycles. The molecule has 0 amide bonds. The van der Waals surface area contributed by atoms with Crippen LogP contribution in [0.2, 0.25) is 0 Å². The summed E-state index contributed by atoms with van der Waals surface area (Å²) in [5.41, 5.74) is 1.57. The molecule has 0 saturated carbocycles. The van der Waals surface area contributed by atoms with Gasteiger partial charge in [0, 0.05) is 16.3 Å². The SMILES string of the molecule is O=c1c2sc3ccccc3c2[nH]c(=S)n1Cc1ccccn1. The summed E-state index contributed by atoms with van der Waals surface area (Å²) in [6, 6.07) is 13.6. The van der Waals surface area contributed by atoms with E-state index in [9.17, 15) is 4.79 Å². The fourth-order valence-corrected chi connectivity index (χ4v) is 3.86. The molecule has 4 aromatic rings. The number of pyridine rings is 1. The number of hydrogen-bond acceptors (Lipinski definition) is 4. The first kappa shape index (κ1) is 13.4. The number of H-pyrrole nitrogens is 1. The first-order chi connectivity index (χ1) is 10.7. The summed E-state index contributed by atoms with van der Waals surface area (Å²) in [6.45, 7) is 0.374. The van der Waals surface area contributed by atoms with E-state index < -0.39 is 0 Å². The molecule has 4 rings (SSSR count). The molecule has 0 fully saturated rings. The van der Waals surface area contributed by atoms with Gasteiger partial charge in [0.15, 0.2) is 4.77 Å². The number of thiophene rings is 1. The molecule has 0 aliphatic heterocycles. The van der Waals surface area contributed by atoms with Crippen LogP contribution in [0.3, 0.4) is 0 Å². The van der Waals surface area contributed by atoms with Gasteiger partial charge in [0.1, 0.15) is 4.70 Å². The Hall–Kier alpha value is -2.31. The van der Waals surface area contributed by atoms with E-state index in [1.165, 1.54) is 11.3 Å². The van der Waals surface area contributed by atoms with Crippen LogP contribution in [-0.4, -0.2) is 14.5 Å². The van der Waals surface area contributed by atoms with E-state index in [1.807, 2.05) is 42.5 Å². The minimum Gasteiger partial charge on any atom is -0.330 e. The number of aromatic amines is 1. The fraction of sp³-hybridized carbons (Fsp3) is 0.0625. The van der Waals surface area contributed by atoms with Crippen molar-refractivity contribution < 1.29 is 0 Å². The highest BCUT2D eigenvalue weighted by Crippen LogP contribution is 2.29. The summed E-state index contributed by atoms with van der Waals surface area (Å²) in [7, 11) is 0. The lowest BCUT2D eigenvalue weighted by Crippen LogP contribution is -2.22. The molecule has 22 heavy (non-hydrogen) atoms. The van der Waals surface area contributed by atoms with Gasteiger partial charge >= 0.3 is 0 Å². The minimum atomic E-state index is -0.0643. The molecular weight excluding hydrogens is 314 g/mol. The zero-order valence-electron chi connectivity index (χ0n) is 11.4. The van der Waals surface area contributed by atoms with Gasteiger partial charge in [-0.3, -0.25) is 14.3 Å². The Balaban J connectivity index is 1.99. The van der Waals surface area contributed by atoms with Crippen LogP contribution < -0.4 is 5.56 Å². The summed E-state index contributed by atoms with van der Waals surface area (Å²) in [5.74, 6) is 0. The van der Waals surface area contributed by atoms with Crippen molar-refractivity contribution in [3.8, 4) is 0 Å². The fourth-order valence-electron chi connectivity index (χ4n) is 2.51. The van der Waals surface area contributed by atoms with Crippen LogP contribution in [0, 0.1) is 4.77 Å². The quantitative estimate of drug-likeness (QED) is 0.572. The lowest BCUT2D eigenvalue weighted by Gasteiger charge is -2.05. The van der Waals surface area contributed by atoms with Gasteiger partial charge in [0.25, 0.3) is 5.56 Å². The summed E-state index contributed by atoms with van der Waals surface area (Å²) >= 11 is 6.87. The van der Waals surface area contributed by atoms with Gasteiger partial charge in [-0.15, -0.1) is 11.3 Å². The van der Waals surface area contributed by atoms with Crippen LogP contribution in [0.1, 0.15) is 5.69 Å². The standard InChI is InChI=1S/C16H11N3OS2/c20-15-14-13(11-6-1-2-7-12(11)22-14)18-16(21)19(15)9-10-5-3-4-8-17-10/h1-8H,9H2,(H,18,21). The van der Waals surface area contributed by atoms with Gasteiger partial charge in [-0.2, -0.15) is 0 Å². The second-order valence-electron chi connectivity index (χ2n) is 4.94. The Morgan fingerprint density at radius 2 is 2.00 bits per heavy atom. The molecule has 0 atom stereocenters. The molecule has 0 radical (unpaired) electrons. The molecule has 0 saturated heterocycles. The molecular formula is C16H11N3OS2. The van der Waals surface area contributed by atoms with Crippen molar-refractivity contribution in [3.63, 3.8) is 0 Å². The maximum absolute atomic E-state index is 12.8. The zero-order valence-corrected chi connectivity index (χ0v) is 13.1. The number of benzene rings is 1. The number of fused-ring (bicyclic) bond motifs is 3. The Morgan fingerprint density at radius 1 is 1.18 bits per heavy atom. The van der Waals surface area contributed by atoms with Crippen molar-refractivity contribution in [2.24, 2.45) is 0 Å². The number of hydrogen-bond donors (Lipinski definition) is 1. The molecule has 108 valence electrons. The van der Waals surface area contributed by atoms with Gasteiger partial charge < -0.3 is 4.98 Å². The van der Waals surface area contributed by atoms with Crippen LogP contribution >= 0.6 is 23.6 Å². The Labute approximate surface area is 134 Å². The molecule has 1 aromatic carbocycles. The number of aromatic nitrogens is 3. The number of nitrogens with zero attached hydrogens (tertiary/aromatic N) is 2. The van der Waals surface area contributed by atoms with Crippen molar-refractivity contribution in [2.45, 2.75) is 6.54 Å². The lowest BCUT2D eigenvalue weighted by molar-refractivity contribution is 0.718. The smallest absolute Gasteiger partial charge is 0.272 e. The summed E-state index contributed by atoms with van der Waals surface area (Å²) < 4.78 is 3.77. The van der Waals surface area contributed by atoms with E-state index in [1.54, 1.807) is 10.8 Å². The summed E-state index contributed by atoms with van der Waals surface area (Å²) in [4.78, 5) is 20.2. The average molecular weight is 325 g/mol. The Morgan fingerprint density at radius 3 is 2.82 bits per heavy atom. The first-order valence-electron chi connectivity index (χ1n) is 6.78. The third kappa shape index (κ3) is 2.08. The average Bonchev–Trinajstić information content (AvgIpc) is 2.91. The van der Waals surface area contributed by atoms with Crippen molar-refractivity contribution in [3.05, 3.63) is 69.5 Å². The van der Waals surface area contributed by atoms with E-state index in [-0.39, 0.29) is 5.56 Å². The van der Waals surface area contributed by atoms with Gasteiger partial charge in [-0.25, -0.2) is 0 Å². The van der Waals surface area contributed by atoms with E-state index in [0.29, 0.717) is 16.0 Å². The molecule has 0 unspecified atom stereocenters. The van der Waals surface area contributed by atoms with Crippen LogP contribution in [0.5, 0.6) is 0 Å². The molecule has 6 heteroatoms. The van der Waals surface area contributed by atoms with Crippen LogP contribution in [0.4, 0.5) is 0 Å². The third-order valence-electron chi connectivity index (χ3n) is 3.56. The molecule has 1 N–H and O–H groups in total. The highest BCUT2D eigenvalue weighted by Gasteiger charge is 2.12. The summed E-state index contributed by atoms with van der Waals surface area (Å²) in [6.07, 6.45) is 1.71. The minimum absolute atomic E-state index is 0.0643. The largest absolute Gasteiger partial charge is 0.330 e. The maximum atomic E-state index is 12.8. The molecule has 0 spiro atoms. The highest BCUT2D eigenvalue weighted by molar-refractivity contribution is 7.71. The van der Waals surface area contributed by atoms with E-state index in [4.69, 9.17) is 12.2 Å². The van der Waals surface area contributed by atoms with E-state index in [0.717, 1.165) is 21.3 Å². The second kappa shape index (κ2) is 5.15. The van der Waals surface area contributed by atoms with E-state index >= 15 is 0 Å². The Bertz CT molecular complexity index is 1090. The highest BCUT2D eigenvalue weighted by atomic mass is 32.1. The monoisotopic (exact) mass is 325 g/mol. The number of rotatable bonds is 2. The normalized spacial score (nSPS) is 11.3. The van der Waals surface area contributed by atoms with Crippen LogP contribution in [0.15, 0.2) is 53.5 Å². The number of nitrogens with one attached hydrogen (secondary N) is 1. The summed E-state index contributed by atoms with van der Waals surface area (Å²) in [5, 5.41) is 1.04. The predicted octanol–water partition coefficient (Wildman–Crippen LogP) is 3.72. The third-order valence-corrected chi connectivity index (χ3v) is 5.04. The molecule has 0 bridgehead atoms. The molecule has 3 aromatic heterocycles. The lowest BCUT2D eigenvalue weighted by atomic mass is 10.2. The van der Waals surface area contributed by atoms with E-state index in [2.05, 4.69) is 9.97 Å².